The molecular weight excluding hydrogens is 422 g/mol. The number of thioether (sulfide) groups is 1. The predicted molar refractivity (Wildman–Crippen MR) is 110 cm³/mol. The van der Waals surface area contributed by atoms with Gasteiger partial charge in [0.25, 0.3) is 5.91 Å². The molecule has 31 heavy (non-hydrogen) atoms. The quantitative estimate of drug-likeness (QED) is 0.351. The van der Waals surface area contributed by atoms with Crippen molar-refractivity contribution in [1.29, 1.82) is 0 Å². The highest BCUT2D eigenvalue weighted by atomic mass is 32.2. The van der Waals surface area contributed by atoms with Crippen molar-refractivity contribution in [1.82, 2.24) is 30.3 Å². The van der Waals surface area contributed by atoms with E-state index < -0.39 is 17.5 Å². The minimum absolute atomic E-state index is 0.0593. The molecule has 0 saturated carbocycles. The van der Waals surface area contributed by atoms with E-state index in [-0.39, 0.29) is 17.8 Å². The second-order valence-corrected chi connectivity index (χ2v) is 7.28. The van der Waals surface area contributed by atoms with Crippen molar-refractivity contribution in [2.45, 2.75) is 17.5 Å². The summed E-state index contributed by atoms with van der Waals surface area (Å²) in [5.41, 5.74) is 1.07. The fourth-order valence-corrected chi connectivity index (χ4v) is 3.63. The van der Waals surface area contributed by atoms with Crippen molar-refractivity contribution in [2.75, 3.05) is 0 Å². The van der Waals surface area contributed by atoms with Gasteiger partial charge in [-0.2, -0.15) is 0 Å². The SMILES string of the molecule is O=C(NCc1c(F)cccc1F)c1nnn(-c2ccccc2)c1CSc1ncccn1. The fourth-order valence-electron chi connectivity index (χ4n) is 2.83. The Hall–Kier alpha value is -3.66. The van der Waals surface area contributed by atoms with Crippen molar-refractivity contribution in [3.05, 3.63) is 95.6 Å². The summed E-state index contributed by atoms with van der Waals surface area (Å²) in [5, 5.41) is 11.2. The van der Waals surface area contributed by atoms with Gasteiger partial charge in [-0.1, -0.05) is 41.2 Å². The van der Waals surface area contributed by atoms with E-state index in [1.807, 2.05) is 30.3 Å². The number of para-hydroxylation sites is 1. The van der Waals surface area contributed by atoms with Crippen LogP contribution in [0.2, 0.25) is 0 Å². The summed E-state index contributed by atoms with van der Waals surface area (Å²) >= 11 is 1.31. The first kappa shape index (κ1) is 20.6. The lowest BCUT2D eigenvalue weighted by Gasteiger charge is -2.09. The van der Waals surface area contributed by atoms with Crippen molar-refractivity contribution >= 4 is 17.7 Å². The van der Waals surface area contributed by atoms with E-state index in [0.29, 0.717) is 16.6 Å². The maximum absolute atomic E-state index is 13.9. The highest BCUT2D eigenvalue weighted by Gasteiger charge is 2.22. The van der Waals surface area contributed by atoms with E-state index in [4.69, 9.17) is 0 Å². The van der Waals surface area contributed by atoms with Gasteiger partial charge >= 0.3 is 0 Å². The van der Waals surface area contributed by atoms with Gasteiger partial charge in [-0.3, -0.25) is 4.79 Å². The predicted octanol–water partition coefficient (Wildman–Crippen LogP) is 3.56. The fraction of sp³-hybridized carbons (Fsp3) is 0.0952. The van der Waals surface area contributed by atoms with E-state index in [0.717, 1.165) is 17.8 Å². The molecular formula is C21H16F2N6OS. The lowest BCUT2D eigenvalue weighted by atomic mass is 10.2. The highest BCUT2D eigenvalue weighted by molar-refractivity contribution is 7.98. The molecule has 0 fully saturated rings. The molecule has 0 radical (unpaired) electrons. The molecule has 1 N–H and O–H groups in total. The van der Waals surface area contributed by atoms with Crippen LogP contribution in [-0.2, 0) is 12.3 Å². The zero-order valence-corrected chi connectivity index (χ0v) is 16.9. The second kappa shape index (κ2) is 9.43. The second-order valence-electron chi connectivity index (χ2n) is 6.34. The Labute approximate surface area is 180 Å². The number of rotatable bonds is 7. The van der Waals surface area contributed by atoms with Crippen molar-refractivity contribution in [3.8, 4) is 5.69 Å². The van der Waals surface area contributed by atoms with Crippen LogP contribution in [0.25, 0.3) is 5.69 Å². The van der Waals surface area contributed by atoms with Crippen LogP contribution in [0.3, 0.4) is 0 Å². The summed E-state index contributed by atoms with van der Waals surface area (Å²) in [6.45, 7) is -0.316. The van der Waals surface area contributed by atoms with E-state index in [1.54, 1.807) is 23.1 Å². The van der Waals surface area contributed by atoms with Crippen molar-refractivity contribution in [2.24, 2.45) is 0 Å². The normalized spacial score (nSPS) is 10.8. The number of halogens is 2. The Morgan fingerprint density at radius 1 is 0.968 bits per heavy atom. The van der Waals surface area contributed by atoms with Gasteiger partial charge in [0, 0.05) is 30.3 Å². The van der Waals surface area contributed by atoms with Crippen LogP contribution in [0, 0.1) is 11.6 Å². The number of hydrogen-bond acceptors (Lipinski definition) is 6. The monoisotopic (exact) mass is 438 g/mol. The Balaban J connectivity index is 1.60. The lowest BCUT2D eigenvalue weighted by molar-refractivity contribution is 0.0944. The first-order chi connectivity index (χ1) is 15.1. The maximum atomic E-state index is 13.9. The topological polar surface area (TPSA) is 85.6 Å². The van der Waals surface area contributed by atoms with Gasteiger partial charge in [0.1, 0.15) is 11.6 Å². The zero-order valence-electron chi connectivity index (χ0n) is 16.1. The summed E-state index contributed by atoms with van der Waals surface area (Å²) in [4.78, 5) is 21.1. The molecule has 0 aliphatic carbocycles. The summed E-state index contributed by atoms with van der Waals surface area (Å²) in [5.74, 6) is -1.74. The Kier molecular flexibility index (Phi) is 6.27. The molecule has 2 aromatic carbocycles. The number of carbonyl (C=O) groups is 1. The van der Waals surface area contributed by atoms with Crippen molar-refractivity contribution < 1.29 is 13.6 Å². The number of hydrogen-bond donors (Lipinski definition) is 1. The molecule has 0 aliphatic heterocycles. The van der Waals surface area contributed by atoms with Gasteiger partial charge in [-0.15, -0.1) is 5.10 Å². The third-order valence-corrected chi connectivity index (χ3v) is 5.23. The molecule has 7 nitrogen and oxygen atoms in total. The van der Waals surface area contributed by atoms with Crippen LogP contribution in [0.5, 0.6) is 0 Å². The Morgan fingerprint density at radius 3 is 2.39 bits per heavy atom. The van der Waals surface area contributed by atoms with Gasteiger partial charge in [0.2, 0.25) is 0 Å². The Bertz CT molecular complexity index is 1170. The molecule has 1 amide bonds. The Morgan fingerprint density at radius 2 is 1.68 bits per heavy atom. The van der Waals surface area contributed by atoms with Crippen molar-refractivity contribution in [3.63, 3.8) is 0 Å². The molecule has 10 heteroatoms. The van der Waals surface area contributed by atoms with Gasteiger partial charge < -0.3 is 5.32 Å². The maximum Gasteiger partial charge on any atom is 0.274 e. The molecule has 2 aromatic heterocycles. The molecule has 2 heterocycles. The number of nitrogens with one attached hydrogen (secondary N) is 1. The van der Waals surface area contributed by atoms with E-state index in [2.05, 4.69) is 25.6 Å². The minimum atomic E-state index is -0.731. The van der Waals surface area contributed by atoms with Crippen LogP contribution in [0.1, 0.15) is 21.7 Å². The van der Waals surface area contributed by atoms with Crippen LogP contribution in [0.4, 0.5) is 8.78 Å². The van der Waals surface area contributed by atoms with Crippen LogP contribution < -0.4 is 5.32 Å². The average molecular weight is 438 g/mol. The molecule has 0 aliphatic rings. The van der Waals surface area contributed by atoms with E-state index in [1.165, 1.54) is 17.8 Å². The minimum Gasteiger partial charge on any atom is -0.346 e. The number of carbonyl (C=O) groups excluding carboxylic acids is 1. The molecule has 4 aromatic rings. The summed E-state index contributed by atoms with van der Waals surface area (Å²) in [6, 6.07) is 14.5. The number of benzene rings is 2. The molecule has 0 unspecified atom stereocenters. The van der Waals surface area contributed by atoms with Gasteiger partial charge in [-0.05, 0) is 30.3 Å². The molecule has 0 atom stereocenters. The van der Waals surface area contributed by atoms with Crippen LogP contribution in [-0.4, -0.2) is 30.9 Å². The lowest BCUT2D eigenvalue weighted by Crippen LogP contribution is -2.25. The molecule has 0 bridgehead atoms. The molecule has 0 saturated heterocycles. The third kappa shape index (κ3) is 4.75. The number of aromatic nitrogens is 5. The van der Waals surface area contributed by atoms with E-state index in [9.17, 15) is 13.6 Å². The zero-order chi connectivity index (χ0) is 21.6. The first-order valence-electron chi connectivity index (χ1n) is 9.24. The first-order valence-corrected chi connectivity index (χ1v) is 10.2. The third-order valence-electron chi connectivity index (χ3n) is 4.35. The molecule has 156 valence electrons. The summed E-state index contributed by atoms with van der Waals surface area (Å²) in [7, 11) is 0. The summed E-state index contributed by atoms with van der Waals surface area (Å²) in [6.07, 6.45) is 3.25. The van der Waals surface area contributed by atoms with Gasteiger partial charge in [0.15, 0.2) is 10.9 Å². The molecule has 4 rings (SSSR count). The largest absolute Gasteiger partial charge is 0.346 e. The van der Waals surface area contributed by atoms with Gasteiger partial charge in [0.05, 0.1) is 11.4 Å². The average Bonchev–Trinajstić information content (AvgIpc) is 3.22. The molecule has 0 spiro atoms. The summed E-state index contributed by atoms with van der Waals surface area (Å²) < 4.78 is 29.3. The smallest absolute Gasteiger partial charge is 0.274 e. The van der Waals surface area contributed by atoms with Crippen LogP contribution >= 0.6 is 11.8 Å². The van der Waals surface area contributed by atoms with Crippen LogP contribution in [0.15, 0.2) is 72.1 Å². The highest BCUT2D eigenvalue weighted by Crippen LogP contribution is 2.23. The standard InChI is InChI=1S/C21H16F2N6OS/c22-16-8-4-9-17(23)15(16)12-26-20(30)19-18(13-31-21-24-10-5-11-25-21)29(28-27-19)14-6-2-1-3-7-14/h1-11H,12-13H2,(H,26,30). The van der Waals surface area contributed by atoms with Gasteiger partial charge in [-0.25, -0.2) is 23.4 Å². The van der Waals surface area contributed by atoms with E-state index >= 15 is 0 Å². The number of nitrogens with zero attached hydrogens (tertiary/aromatic N) is 5. The number of amides is 1.